The van der Waals surface area contributed by atoms with Crippen molar-refractivity contribution in [2.24, 2.45) is 0 Å². The summed E-state index contributed by atoms with van der Waals surface area (Å²) in [6.07, 6.45) is 1.24. The predicted octanol–water partition coefficient (Wildman–Crippen LogP) is 2.04. The zero-order valence-electron chi connectivity index (χ0n) is 19.1. The summed E-state index contributed by atoms with van der Waals surface area (Å²) in [5.41, 5.74) is 2.84. The Kier molecular flexibility index (Phi) is 5.67. The Morgan fingerprint density at radius 3 is 2.71 bits per heavy atom. The molecule has 2 aliphatic heterocycles. The molecule has 182 valence electrons. The van der Waals surface area contributed by atoms with Crippen LogP contribution in [0.4, 0.5) is 15.3 Å². The zero-order valence-corrected chi connectivity index (χ0v) is 19.1. The van der Waals surface area contributed by atoms with Crippen molar-refractivity contribution >= 4 is 34.8 Å². The lowest BCUT2D eigenvalue weighted by Gasteiger charge is -2.45. The van der Waals surface area contributed by atoms with Gasteiger partial charge in [0.15, 0.2) is 5.58 Å². The quantitative estimate of drug-likeness (QED) is 0.421. The monoisotopic (exact) mass is 479 g/mol. The number of hydrogen-bond donors (Lipinski definition) is 4. The third-order valence-corrected chi connectivity index (χ3v) is 6.66. The van der Waals surface area contributed by atoms with Gasteiger partial charge in [0.25, 0.3) is 0 Å². The number of nitrogens with zero attached hydrogens (tertiary/aromatic N) is 1. The second-order valence-corrected chi connectivity index (χ2v) is 8.77. The number of H-pyrrole nitrogens is 1. The Morgan fingerprint density at radius 2 is 1.94 bits per heavy atom. The number of esters is 1. The second kappa shape index (κ2) is 8.82. The fraction of sp³-hybridized carbons (Fsp3) is 0.333. The number of carbonyl (C=O) groups is 3. The molecule has 35 heavy (non-hydrogen) atoms. The summed E-state index contributed by atoms with van der Waals surface area (Å²) in [5.74, 6) is -1.15. The van der Waals surface area contributed by atoms with Crippen LogP contribution in [0.2, 0.25) is 0 Å². The molecule has 11 nitrogen and oxygen atoms in total. The van der Waals surface area contributed by atoms with E-state index >= 15 is 0 Å². The van der Waals surface area contributed by atoms with Crippen molar-refractivity contribution in [3.05, 3.63) is 64.1 Å². The molecule has 1 spiro atoms. The first-order valence-electron chi connectivity index (χ1n) is 11.3. The van der Waals surface area contributed by atoms with Crippen molar-refractivity contribution in [3.63, 3.8) is 0 Å². The maximum atomic E-state index is 13.1. The number of oxazole rings is 1. The van der Waals surface area contributed by atoms with Crippen molar-refractivity contribution in [1.82, 2.24) is 20.5 Å². The number of carbonyl (C=O) groups excluding carboxylic acids is 3. The van der Waals surface area contributed by atoms with E-state index in [1.165, 1.54) is 7.11 Å². The number of nitrogens with one attached hydrogen (secondary N) is 4. The van der Waals surface area contributed by atoms with Gasteiger partial charge in [-0.05, 0) is 36.6 Å². The number of methoxy groups -OCH3 is 1. The first-order valence-corrected chi connectivity index (χ1v) is 11.3. The molecule has 2 aliphatic rings. The number of fused-ring (bicyclic) bond motifs is 3. The number of rotatable bonds is 4. The molecule has 1 saturated heterocycles. The average molecular weight is 479 g/mol. The Bertz CT molecular complexity index is 1350. The topological polar surface area (TPSA) is 146 Å². The van der Waals surface area contributed by atoms with Gasteiger partial charge in [0.05, 0.1) is 18.2 Å². The Labute approximate surface area is 199 Å². The lowest BCUT2D eigenvalue weighted by molar-refractivity contribution is -0.142. The minimum Gasteiger partial charge on any atom is -0.467 e. The van der Waals surface area contributed by atoms with Crippen molar-refractivity contribution in [3.8, 4) is 0 Å². The lowest BCUT2D eigenvalue weighted by atomic mass is 9.79. The third kappa shape index (κ3) is 4.32. The summed E-state index contributed by atoms with van der Waals surface area (Å²) in [4.78, 5) is 53.3. The maximum Gasteiger partial charge on any atom is 0.417 e. The van der Waals surface area contributed by atoms with Crippen molar-refractivity contribution < 1.29 is 23.5 Å². The highest BCUT2D eigenvalue weighted by Gasteiger charge is 2.43. The smallest absolute Gasteiger partial charge is 0.417 e. The van der Waals surface area contributed by atoms with Crippen LogP contribution >= 0.6 is 0 Å². The SMILES string of the molecule is COC(=O)C(Cc1ccc2[nH]c(=O)oc2c1)NC(=O)N1CCC2(CC1)NC(=O)Nc1ccccc12. The molecule has 1 unspecified atom stereocenters. The second-order valence-electron chi connectivity index (χ2n) is 8.77. The number of anilines is 1. The number of benzene rings is 2. The van der Waals surface area contributed by atoms with Gasteiger partial charge in [-0.3, -0.25) is 4.98 Å². The fourth-order valence-corrected chi connectivity index (χ4v) is 4.86. The van der Waals surface area contributed by atoms with Gasteiger partial charge in [-0.15, -0.1) is 0 Å². The highest BCUT2D eigenvalue weighted by Crippen LogP contribution is 2.39. The van der Waals surface area contributed by atoms with E-state index in [-0.39, 0.29) is 12.5 Å². The molecule has 4 N–H and O–H groups in total. The zero-order chi connectivity index (χ0) is 24.6. The van der Waals surface area contributed by atoms with Crippen molar-refractivity contribution in [1.29, 1.82) is 0 Å². The highest BCUT2D eigenvalue weighted by molar-refractivity contribution is 5.94. The average Bonchev–Trinajstić information content (AvgIpc) is 3.22. The van der Waals surface area contributed by atoms with Crippen LogP contribution in [-0.2, 0) is 21.5 Å². The molecular formula is C24H25N5O6. The number of aromatic nitrogens is 1. The molecule has 3 aromatic rings. The van der Waals surface area contributed by atoms with Gasteiger partial charge in [-0.2, -0.15) is 0 Å². The molecule has 0 radical (unpaired) electrons. The maximum absolute atomic E-state index is 13.1. The van der Waals surface area contributed by atoms with Crippen LogP contribution in [0.5, 0.6) is 0 Å². The van der Waals surface area contributed by atoms with E-state index in [4.69, 9.17) is 9.15 Å². The first-order chi connectivity index (χ1) is 16.9. The third-order valence-electron chi connectivity index (χ3n) is 6.66. The normalized spacial score (nSPS) is 17.3. The minimum absolute atomic E-state index is 0.163. The van der Waals surface area contributed by atoms with Crippen LogP contribution in [0.3, 0.4) is 0 Å². The first kappa shape index (κ1) is 22.5. The molecule has 2 aromatic carbocycles. The van der Waals surface area contributed by atoms with Gasteiger partial charge in [0.1, 0.15) is 6.04 Å². The number of likely N-dealkylation sites (tertiary alicyclic amines) is 1. The minimum atomic E-state index is -0.925. The Morgan fingerprint density at radius 1 is 1.17 bits per heavy atom. The van der Waals surface area contributed by atoms with Crippen molar-refractivity contribution in [2.45, 2.75) is 30.8 Å². The lowest BCUT2D eigenvalue weighted by Crippen LogP contribution is -2.59. The van der Waals surface area contributed by atoms with Crippen LogP contribution in [-0.4, -0.2) is 54.2 Å². The largest absolute Gasteiger partial charge is 0.467 e. The van der Waals surface area contributed by atoms with Gasteiger partial charge in [-0.25, -0.2) is 19.2 Å². The predicted molar refractivity (Wildman–Crippen MR) is 126 cm³/mol. The van der Waals surface area contributed by atoms with E-state index in [9.17, 15) is 19.2 Å². The standard InChI is InChI=1S/C24H25N5O6/c1-34-20(30)18(12-14-6-7-17-19(13-14)35-23(33)27-17)26-22(32)29-10-8-24(9-11-29)15-4-2-3-5-16(15)25-21(31)28-24/h2-7,13,18H,8-12H2,1H3,(H,26,32)(H,27,33)(H2,25,28,31). The molecule has 1 atom stereocenters. The molecule has 11 heteroatoms. The number of piperidine rings is 1. The Hall–Kier alpha value is -4.28. The van der Waals surface area contributed by atoms with Crippen LogP contribution in [0.1, 0.15) is 24.0 Å². The summed E-state index contributed by atoms with van der Waals surface area (Å²) in [7, 11) is 1.26. The Balaban J connectivity index is 1.27. The molecule has 0 aliphatic carbocycles. The van der Waals surface area contributed by atoms with Gasteiger partial charge in [-0.1, -0.05) is 24.3 Å². The van der Waals surface area contributed by atoms with E-state index in [0.717, 1.165) is 11.3 Å². The molecular weight excluding hydrogens is 454 g/mol. The van der Waals surface area contributed by atoms with E-state index in [1.54, 1.807) is 23.1 Å². The van der Waals surface area contributed by atoms with Crippen molar-refractivity contribution in [2.75, 3.05) is 25.5 Å². The molecule has 5 rings (SSSR count). The number of hydrogen-bond acceptors (Lipinski definition) is 6. The van der Waals surface area contributed by atoms with Gasteiger partial charge >= 0.3 is 23.8 Å². The van der Waals surface area contributed by atoms with Gasteiger partial charge in [0, 0.05) is 30.8 Å². The fourth-order valence-electron chi connectivity index (χ4n) is 4.86. The van der Waals surface area contributed by atoms with Gasteiger partial charge < -0.3 is 30.0 Å². The van der Waals surface area contributed by atoms with E-state index in [2.05, 4.69) is 20.9 Å². The van der Waals surface area contributed by atoms with E-state index in [1.807, 2.05) is 24.3 Å². The molecule has 0 saturated carbocycles. The molecule has 1 fully saturated rings. The summed E-state index contributed by atoms with van der Waals surface area (Å²) in [5, 5.41) is 8.65. The van der Waals surface area contributed by atoms with Crippen LogP contribution < -0.4 is 21.7 Å². The van der Waals surface area contributed by atoms with E-state index in [0.29, 0.717) is 42.6 Å². The molecule has 4 amide bonds. The summed E-state index contributed by atoms with van der Waals surface area (Å²) < 4.78 is 9.98. The van der Waals surface area contributed by atoms with E-state index < -0.39 is 29.3 Å². The van der Waals surface area contributed by atoms with Crippen LogP contribution in [0.25, 0.3) is 11.1 Å². The molecule has 1 aromatic heterocycles. The summed E-state index contributed by atoms with van der Waals surface area (Å²) in [6, 6.07) is 11.1. The number of para-hydroxylation sites is 1. The van der Waals surface area contributed by atoms with Gasteiger partial charge in [0.2, 0.25) is 0 Å². The number of urea groups is 2. The highest BCUT2D eigenvalue weighted by atomic mass is 16.5. The van der Waals surface area contributed by atoms with Crippen LogP contribution in [0, 0.1) is 0 Å². The number of ether oxygens (including phenoxy) is 1. The molecule has 3 heterocycles. The van der Waals surface area contributed by atoms with Crippen LogP contribution in [0.15, 0.2) is 51.7 Å². The number of aromatic amines is 1. The number of amides is 4. The summed E-state index contributed by atoms with van der Waals surface area (Å²) >= 11 is 0. The summed E-state index contributed by atoms with van der Waals surface area (Å²) in [6.45, 7) is 0.795. The molecule has 0 bridgehead atoms.